The van der Waals surface area contributed by atoms with Gasteiger partial charge in [0.2, 0.25) is 5.91 Å². The molecule has 0 saturated heterocycles. The first-order valence-corrected chi connectivity index (χ1v) is 7.12. The van der Waals surface area contributed by atoms with Gasteiger partial charge in [0.15, 0.2) is 0 Å². The number of aliphatic hydroxyl groups is 1. The minimum atomic E-state index is -0.385. The number of anilines is 1. The fourth-order valence-corrected chi connectivity index (χ4v) is 2.14. The molecule has 20 heavy (non-hydrogen) atoms. The van der Waals surface area contributed by atoms with Gasteiger partial charge >= 0.3 is 0 Å². The summed E-state index contributed by atoms with van der Waals surface area (Å²) in [4.78, 5) is 13.8. The van der Waals surface area contributed by atoms with Gasteiger partial charge in [0.25, 0.3) is 0 Å². The highest BCUT2D eigenvalue weighted by Crippen LogP contribution is 2.13. The van der Waals surface area contributed by atoms with Crippen LogP contribution in [0.3, 0.4) is 0 Å². The van der Waals surface area contributed by atoms with E-state index in [9.17, 15) is 9.90 Å². The van der Waals surface area contributed by atoms with Crippen LogP contribution in [0.15, 0.2) is 24.3 Å². The van der Waals surface area contributed by atoms with Gasteiger partial charge in [0.1, 0.15) is 0 Å². The Kier molecular flexibility index (Phi) is 6.52. The Morgan fingerprint density at radius 2 is 1.85 bits per heavy atom. The summed E-state index contributed by atoms with van der Waals surface area (Å²) >= 11 is 0. The fraction of sp³-hybridized carbons (Fsp3) is 0.562. The van der Waals surface area contributed by atoms with E-state index in [0.29, 0.717) is 12.8 Å². The van der Waals surface area contributed by atoms with Crippen LogP contribution < -0.4 is 10.2 Å². The molecule has 0 aliphatic heterocycles. The molecule has 2 unspecified atom stereocenters. The van der Waals surface area contributed by atoms with Gasteiger partial charge in [0, 0.05) is 32.2 Å². The van der Waals surface area contributed by atoms with Crippen LogP contribution in [-0.4, -0.2) is 37.3 Å². The molecule has 0 fully saturated rings. The molecule has 4 nitrogen and oxygen atoms in total. The SMILES string of the molecule is CC(O)CC(C)NC(=O)CCc1ccc(N(C)C)cc1. The van der Waals surface area contributed by atoms with Gasteiger partial charge in [-0.25, -0.2) is 0 Å². The van der Waals surface area contributed by atoms with Crippen LogP contribution in [0.2, 0.25) is 0 Å². The van der Waals surface area contributed by atoms with Gasteiger partial charge in [0.05, 0.1) is 6.10 Å². The smallest absolute Gasteiger partial charge is 0.220 e. The predicted octanol–water partition coefficient (Wildman–Crippen LogP) is 1.96. The number of benzene rings is 1. The highest BCUT2D eigenvalue weighted by Gasteiger charge is 2.09. The van der Waals surface area contributed by atoms with Crippen LogP contribution in [-0.2, 0) is 11.2 Å². The van der Waals surface area contributed by atoms with E-state index in [-0.39, 0.29) is 18.1 Å². The number of nitrogens with zero attached hydrogens (tertiary/aromatic N) is 1. The second-order valence-electron chi connectivity index (χ2n) is 5.61. The second kappa shape index (κ2) is 7.90. The highest BCUT2D eigenvalue weighted by atomic mass is 16.3. The Hall–Kier alpha value is -1.55. The first-order chi connectivity index (χ1) is 9.38. The number of hydrogen-bond donors (Lipinski definition) is 2. The molecule has 0 aliphatic rings. The van der Waals surface area contributed by atoms with Crippen molar-refractivity contribution in [3.8, 4) is 0 Å². The van der Waals surface area contributed by atoms with Crippen molar-refractivity contribution < 1.29 is 9.90 Å². The number of aryl methyl sites for hydroxylation is 1. The molecule has 0 saturated carbocycles. The molecule has 1 rings (SSSR count). The average molecular weight is 278 g/mol. The summed E-state index contributed by atoms with van der Waals surface area (Å²) < 4.78 is 0. The minimum absolute atomic E-state index is 0.0126. The molecule has 2 atom stereocenters. The van der Waals surface area contributed by atoms with Crippen molar-refractivity contribution in [2.75, 3.05) is 19.0 Å². The third kappa shape index (κ3) is 6.06. The lowest BCUT2D eigenvalue weighted by atomic mass is 10.1. The molecule has 0 spiro atoms. The summed E-state index contributed by atoms with van der Waals surface area (Å²) in [7, 11) is 4.01. The van der Waals surface area contributed by atoms with Gasteiger partial charge in [-0.15, -0.1) is 0 Å². The third-order valence-electron chi connectivity index (χ3n) is 3.20. The molecule has 1 aromatic carbocycles. The van der Waals surface area contributed by atoms with Crippen molar-refractivity contribution >= 4 is 11.6 Å². The molecule has 2 N–H and O–H groups in total. The summed E-state index contributed by atoms with van der Waals surface area (Å²) in [5.74, 6) is 0.0369. The van der Waals surface area contributed by atoms with Crippen LogP contribution in [0.5, 0.6) is 0 Å². The van der Waals surface area contributed by atoms with Crippen LogP contribution >= 0.6 is 0 Å². The molecule has 0 aliphatic carbocycles. The Labute approximate surface area is 121 Å². The Bertz CT molecular complexity index is 413. The molecule has 0 radical (unpaired) electrons. The van der Waals surface area contributed by atoms with E-state index < -0.39 is 0 Å². The molecular weight excluding hydrogens is 252 g/mol. The zero-order valence-electron chi connectivity index (χ0n) is 12.9. The summed E-state index contributed by atoms with van der Waals surface area (Å²) in [5.41, 5.74) is 2.32. The van der Waals surface area contributed by atoms with Crippen LogP contribution in [0.25, 0.3) is 0 Å². The van der Waals surface area contributed by atoms with Crippen molar-refractivity contribution in [3.05, 3.63) is 29.8 Å². The first kappa shape index (κ1) is 16.5. The minimum Gasteiger partial charge on any atom is -0.393 e. The summed E-state index contributed by atoms with van der Waals surface area (Å²) in [6.07, 6.45) is 1.42. The Morgan fingerprint density at radius 1 is 1.25 bits per heavy atom. The molecule has 112 valence electrons. The topological polar surface area (TPSA) is 52.6 Å². The second-order valence-corrected chi connectivity index (χ2v) is 5.61. The van der Waals surface area contributed by atoms with E-state index in [1.54, 1.807) is 6.92 Å². The Morgan fingerprint density at radius 3 is 2.35 bits per heavy atom. The van der Waals surface area contributed by atoms with Crippen molar-refractivity contribution in [1.82, 2.24) is 5.32 Å². The van der Waals surface area contributed by atoms with Crippen molar-refractivity contribution in [3.63, 3.8) is 0 Å². The maximum absolute atomic E-state index is 11.8. The molecule has 1 amide bonds. The maximum Gasteiger partial charge on any atom is 0.220 e. The molecule has 4 heteroatoms. The lowest BCUT2D eigenvalue weighted by molar-refractivity contribution is -0.121. The summed E-state index contributed by atoms with van der Waals surface area (Å²) in [6, 6.07) is 8.25. The summed E-state index contributed by atoms with van der Waals surface area (Å²) in [6.45, 7) is 3.64. The van der Waals surface area contributed by atoms with Gasteiger partial charge in [-0.1, -0.05) is 12.1 Å². The maximum atomic E-state index is 11.8. The van der Waals surface area contributed by atoms with E-state index in [1.807, 2.05) is 25.9 Å². The number of rotatable bonds is 7. The van der Waals surface area contributed by atoms with Gasteiger partial charge < -0.3 is 15.3 Å². The standard InChI is InChI=1S/C16H26N2O2/c1-12(11-13(2)19)17-16(20)10-7-14-5-8-15(9-6-14)18(3)4/h5-6,8-9,12-13,19H,7,10-11H2,1-4H3,(H,17,20). The monoisotopic (exact) mass is 278 g/mol. The van der Waals surface area contributed by atoms with E-state index >= 15 is 0 Å². The molecule has 0 heterocycles. The molecular formula is C16H26N2O2. The van der Waals surface area contributed by atoms with E-state index in [1.165, 1.54) is 0 Å². The zero-order valence-corrected chi connectivity index (χ0v) is 12.9. The third-order valence-corrected chi connectivity index (χ3v) is 3.20. The number of carbonyl (C=O) groups excluding carboxylic acids is 1. The number of amides is 1. The van der Waals surface area contributed by atoms with Crippen molar-refractivity contribution in [1.29, 1.82) is 0 Å². The van der Waals surface area contributed by atoms with Crippen LogP contribution in [0, 0.1) is 0 Å². The van der Waals surface area contributed by atoms with Crippen LogP contribution in [0.4, 0.5) is 5.69 Å². The lowest BCUT2D eigenvalue weighted by Gasteiger charge is -2.15. The quantitative estimate of drug-likeness (QED) is 0.801. The number of carbonyl (C=O) groups is 1. The number of aliphatic hydroxyl groups excluding tert-OH is 1. The average Bonchev–Trinajstić information content (AvgIpc) is 2.35. The van der Waals surface area contributed by atoms with Crippen molar-refractivity contribution in [2.24, 2.45) is 0 Å². The van der Waals surface area contributed by atoms with Gasteiger partial charge in [-0.05, 0) is 44.4 Å². The van der Waals surface area contributed by atoms with E-state index in [2.05, 4.69) is 29.6 Å². The predicted molar refractivity (Wildman–Crippen MR) is 83.0 cm³/mol. The molecule has 0 bridgehead atoms. The first-order valence-electron chi connectivity index (χ1n) is 7.12. The van der Waals surface area contributed by atoms with E-state index in [4.69, 9.17) is 0 Å². The normalized spacial score (nSPS) is 13.7. The van der Waals surface area contributed by atoms with E-state index in [0.717, 1.165) is 17.7 Å². The van der Waals surface area contributed by atoms with Gasteiger partial charge in [-0.3, -0.25) is 4.79 Å². The molecule has 1 aromatic rings. The summed E-state index contributed by atoms with van der Waals surface area (Å²) in [5, 5.41) is 12.2. The Balaban J connectivity index is 2.37. The fourth-order valence-electron chi connectivity index (χ4n) is 2.14. The largest absolute Gasteiger partial charge is 0.393 e. The number of nitrogens with one attached hydrogen (secondary N) is 1. The van der Waals surface area contributed by atoms with Gasteiger partial charge in [-0.2, -0.15) is 0 Å². The van der Waals surface area contributed by atoms with Crippen LogP contribution in [0.1, 0.15) is 32.3 Å². The number of hydrogen-bond acceptors (Lipinski definition) is 3. The highest BCUT2D eigenvalue weighted by molar-refractivity contribution is 5.76. The lowest BCUT2D eigenvalue weighted by Crippen LogP contribution is -2.34. The molecule has 0 aromatic heterocycles. The zero-order chi connectivity index (χ0) is 15.1. The van der Waals surface area contributed by atoms with Crippen molar-refractivity contribution in [2.45, 2.75) is 45.3 Å².